The van der Waals surface area contributed by atoms with E-state index in [1.165, 1.54) is 13.0 Å². The van der Waals surface area contributed by atoms with Crippen LogP contribution in [0.2, 0.25) is 0 Å². The summed E-state index contributed by atoms with van der Waals surface area (Å²) in [6, 6.07) is 0.615. The highest BCUT2D eigenvalue weighted by atomic mass is 15.2. The molecule has 64 valence electrons. The van der Waals surface area contributed by atoms with Gasteiger partial charge in [0.2, 0.25) is 0 Å². The van der Waals surface area contributed by atoms with Crippen molar-refractivity contribution in [2.24, 2.45) is 0 Å². The summed E-state index contributed by atoms with van der Waals surface area (Å²) in [7, 11) is 0. The van der Waals surface area contributed by atoms with Crippen molar-refractivity contribution < 1.29 is 0 Å². The van der Waals surface area contributed by atoms with Crippen LogP contribution >= 0.6 is 0 Å². The third-order valence-corrected chi connectivity index (χ3v) is 2.30. The van der Waals surface area contributed by atoms with Crippen LogP contribution in [0, 0.1) is 0 Å². The van der Waals surface area contributed by atoms with Gasteiger partial charge in [-0.3, -0.25) is 4.90 Å². The van der Waals surface area contributed by atoms with Gasteiger partial charge in [0.1, 0.15) is 0 Å². The van der Waals surface area contributed by atoms with E-state index in [2.05, 4.69) is 44.7 Å². The van der Waals surface area contributed by atoms with Crippen LogP contribution < -0.4 is 0 Å². The monoisotopic (exact) mass is 153 g/mol. The minimum absolute atomic E-state index is 0.324. The zero-order valence-electron chi connectivity index (χ0n) is 8.09. The molecular weight excluding hydrogens is 134 g/mol. The maximum atomic E-state index is 2.53. The van der Waals surface area contributed by atoms with Crippen LogP contribution in [-0.2, 0) is 0 Å². The van der Waals surface area contributed by atoms with Crippen LogP contribution in [0.25, 0.3) is 0 Å². The predicted octanol–water partition coefficient (Wildman–Crippen LogP) is 2.44. The Morgan fingerprint density at radius 1 is 1.36 bits per heavy atom. The van der Waals surface area contributed by atoms with Crippen LogP contribution in [0.1, 0.15) is 34.1 Å². The minimum atomic E-state index is 0.324. The minimum Gasteiger partial charge on any atom is -0.292 e. The number of nitrogens with zero attached hydrogens (tertiary/aromatic N) is 1. The second-order valence-electron chi connectivity index (χ2n) is 4.32. The molecule has 1 nitrogen and oxygen atoms in total. The van der Waals surface area contributed by atoms with E-state index in [1.807, 2.05) is 0 Å². The topological polar surface area (TPSA) is 3.24 Å². The van der Waals surface area contributed by atoms with Crippen molar-refractivity contribution in [1.29, 1.82) is 0 Å². The average Bonchev–Trinajstić information content (AvgIpc) is 1.86. The van der Waals surface area contributed by atoms with Gasteiger partial charge in [-0.05, 0) is 34.1 Å². The van der Waals surface area contributed by atoms with Gasteiger partial charge >= 0.3 is 0 Å². The zero-order chi connectivity index (χ0) is 8.48. The molecule has 1 atom stereocenters. The van der Waals surface area contributed by atoms with Gasteiger partial charge in [-0.1, -0.05) is 12.2 Å². The van der Waals surface area contributed by atoms with Crippen LogP contribution in [-0.4, -0.2) is 23.0 Å². The first-order valence-electron chi connectivity index (χ1n) is 4.45. The van der Waals surface area contributed by atoms with Crippen molar-refractivity contribution in [2.45, 2.75) is 45.7 Å². The van der Waals surface area contributed by atoms with Crippen LogP contribution in [0.3, 0.4) is 0 Å². The second kappa shape index (κ2) is 2.98. The van der Waals surface area contributed by atoms with Crippen molar-refractivity contribution in [1.82, 2.24) is 4.90 Å². The maximum Gasteiger partial charge on any atom is 0.0255 e. The average molecular weight is 153 g/mol. The third kappa shape index (κ3) is 2.06. The molecule has 1 heteroatoms. The van der Waals surface area contributed by atoms with Crippen molar-refractivity contribution >= 4 is 0 Å². The highest BCUT2D eigenvalue weighted by molar-refractivity contribution is 5.00. The standard InChI is InChI=1S/C10H19N/c1-9-7-5-6-8-11(9)10(2,3)4/h5,7,9H,6,8H2,1-4H3. The molecule has 11 heavy (non-hydrogen) atoms. The van der Waals surface area contributed by atoms with Gasteiger partial charge < -0.3 is 0 Å². The molecule has 0 saturated carbocycles. The van der Waals surface area contributed by atoms with Crippen LogP contribution in [0.4, 0.5) is 0 Å². The second-order valence-corrected chi connectivity index (χ2v) is 4.32. The van der Waals surface area contributed by atoms with E-state index in [4.69, 9.17) is 0 Å². The molecule has 0 fully saturated rings. The lowest BCUT2D eigenvalue weighted by Crippen LogP contribution is -2.47. The Balaban J connectivity index is 2.65. The van der Waals surface area contributed by atoms with Crippen LogP contribution in [0.5, 0.6) is 0 Å². The molecule has 1 heterocycles. The van der Waals surface area contributed by atoms with Gasteiger partial charge in [-0.25, -0.2) is 0 Å². The van der Waals surface area contributed by atoms with Gasteiger partial charge in [0.25, 0.3) is 0 Å². The van der Waals surface area contributed by atoms with Crippen molar-refractivity contribution in [3.05, 3.63) is 12.2 Å². The Kier molecular flexibility index (Phi) is 2.38. The molecule has 0 saturated heterocycles. The largest absolute Gasteiger partial charge is 0.292 e. The highest BCUT2D eigenvalue weighted by Crippen LogP contribution is 2.20. The summed E-state index contributed by atoms with van der Waals surface area (Å²) in [6.45, 7) is 10.3. The molecule has 0 aromatic rings. The summed E-state index contributed by atoms with van der Waals surface area (Å²) >= 11 is 0. The molecule has 0 amide bonds. The zero-order valence-corrected chi connectivity index (χ0v) is 8.09. The van der Waals surface area contributed by atoms with Gasteiger partial charge in [0.05, 0.1) is 0 Å². The lowest BCUT2D eigenvalue weighted by Gasteiger charge is -2.40. The summed E-state index contributed by atoms with van der Waals surface area (Å²) in [5, 5.41) is 0. The molecule has 0 radical (unpaired) electrons. The summed E-state index contributed by atoms with van der Waals surface area (Å²) < 4.78 is 0. The van der Waals surface area contributed by atoms with E-state index in [9.17, 15) is 0 Å². The van der Waals surface area contributed by atoms with Gasteiger partial charge in [0.15, 0.2) is 0 Å². The number of hydrogen-bond donors (Lipinski definition) is 0. The Morgan fingerprint density at radius 3 is 2.36 bits per heavy atom. The fraction of sp³-hybridized carbons (Fsp3) is 0.800. The first-order valence-corrected chi connectivity index (χ1v) is 4.45. The molecule has 0 aromatic heterocycles. The summed E-state index contributed by atoms with van der Waals surface area (Å²) in [5.41, 5.74) is 0.324. The molecule has 0 spiro atoms. The van der Waals surface area contributed by atoms with E-state index in [0.29, 0.717) is 11.6 Å². The number of rotatable bonds is 0. The molecule has 0 aliphatic carbocycles. The van der Waals surface area contributed by atoms with E-state index >= 15 is 0 Å². The molecule has 1 aliphatic heterocycles. The van der Waals surface area contributed by atoms with E-state index in [-0.39, 0.29) is 0 Å². The highest BCUT2D eigenvalue weighted by Gasteiger charge is 2.25. The van der Waals surface area contributed by atoms with Gasteiger partial charge in [0, 0.05) is 18.1 Å². The maximum absolute atomic E-state index is 2.53. The quantitative estimate of drug-likeness (QED) is 0.483. The van der Waals surface area contributed by atoms with Crippen LogP contribution in [0.15, 0.2) is 12.2 Å². The fourth-order valence-corrected chi connectivity index (χ4v) is 1.76. The normalized spacial score (nSPS) is 27.5. The molecule has 0 aromatic carbocycles. The first-order chi connectivity index (χ1) is 5.02. The molecular formula is C10H19N. The Morgan fingerprint density at radius 2 is 2.00 bits per heavy atom. The molecule has 1 aliphatic rings. The van der Waals surface area contributed by atoms with Crippen molar-refractivity contribution in [3.8, 4) is 0 Å². The Hall–Kier alpha value is -0.300. The lowest BCUT2D eigenvalue weighted by atomic mass is 10.00. The van der Waals surface area contributed by atoms with Crippen molar-refractivity contribution in [2.75, 3.05) is 6.54 Å². The molecule has 0 bridgehead atoms. The SMILES string of the molecule is CC1C=CCCN1C(C)(C)C. The van der Waals surface area contributed by atoms with E-state index < -0.39 is 0 Å². The number of hydrogen-bond acceptors (Lipinski definition) is 1. The molecule has 1 unspecified atom stereocenters. The summed E-state index contributed by atoms with van der Waals surface area (Å²) in [4.78, 5) is 2.53. The lowest BCUT2D eigenvalue weighted by molar-refractivity contribution is 0.108. The Bertz CT molecular complexity index is 153. The van der Waals surface area contributed by atoms with E-state index in [0.717, 1.165) is 0 Å². The van der Waals surface area contributed by atoms with E-state index in [1.54, 1.807) is 0 Å². The summed E-state index contributed by atoms with van der Waals surface area (Å²) in [6.07, 6.45) is 5.79. The van der Waals surface area contributed by atoms with Gasteiger partial charge in [-0.15, -0.1) is 0 Å². The molecule has 1 rings (SSSR count). The fourth-order valence-electron chi connectivity index (χ4n) is 1.76. The third-order valence-electron chi connectivity index (χ3n) is 2.30. The van der Waals surface area contributed by atoms with Crippen molar-refractivity contribution in [3.63, 3.8) is 0 Å². The smallest absolute Gasteiger partial charge is 0.0255 e. The summed E-state index contributed by atoms with van der Waals surface area (Å²) in [5.74, 6) is 0. The Labute approximate surface area is 70.1 Å². The predicted molar refractivity (Wildman–Crippen MR) is 49.7 cm³/mol. The first kappa shape index (κ1) is 8.79. The molecule has 0 N–H and O–H groups in total. The van der Waals surface area contributed by atoms with Gasteiger partial charge in [-0.2, -0.15) is 0 Å².